The first-order chi connectivity index (χ1) is 8.19. The number of aryl methyl sites for hydroxylation is 2. The van der Waals surface area contributed by atoms with Gasteiger partial charge in [0.1, 0.15) is 0 Å². The quantitative estimate of drug-likeness (QED) is 0.845. The van der Waals surface area contributed by atoms with Gasteiger partial charge in [-0.25, -0.2) is 9.97 Å². The van der Waals surface area contributed by atoms with Crippen molar-refractivity contribution < 1.29 is 0 Å². The zero-order valence-electron chi connectivity index (χ0n) is 9.97. The van der Waals surface area contributed by atoms with Crippen LogP contribution >= 0.6 is 11.8 Å². The Morgan fingerprint density at radius 3 is 2.71 bits per heavy atom. The molecular formula is C13H15N3S. The summed E-state index contributed by atoms with van der Waals surface area (Å²) in [6.45, 7) is 4.63. The largest absolute Gasteiger partial charge is 0.326 e. The average molecular weight is 245 g/mol. The van der Waals surface area contributed by atoms with Crippen molar-refractivity contribution in [2.75, 3.05) is 0 Å². The van der Waals surface area contributed by atoms with Crippen LogP contribution in [0.1, 0.15) is 16.8 Å². The fourth-order valence-electron chi connectivity index (χ4n) is 1.53. The van der Waals surface area contributed by atoms with Crippen molar-refractivity contribution in [2.45, 2.75) is 30.4 Å². The molecule has 0 unspecified atom stereocenters. The molecule has 0 aliphatic rings. The van der Waals surface area contributed by atoms with Crippen LogP contribution in [0.3, 0.4) is 0 Å². The van der Waals surface area contributed by atoms with E-state index in [1.807, 2.05) is 19.1 Å². The number of aromatic nitrogens is 2. The molecular weight excluding hydrogens is 230 g/mol. The second-order valence-electron chi connectivity index (χ2n) is 3.89. The molecule has 17 heavy (non-hydrogen) atoms. The molecule has 0 aliphatic carbocycles. The van der Waals surface area contributed by atoms with E-state index in [0.29, 0.717) is 6.54 Å². The van der Waals surface area contributed by atoms with E-state index in [0.717, 1.165) is 16.4 Å². The summed E-state index contributed by atoms with van der Waals surface area (Å²) in [6.07, 6.45) is 1.79. The Morgan fingerprint density at radius 1 is 1.24 bits per heavy atom. The molecule has 3 nitrogen and oxygen atoms in total. The molecule has 0 saturated heterocycles. The van der Waals surface area contributed by atoms with Crippen LogP contribution < -0.4 is 5.73 Å². The van der Waals surface area contributed by atoms with Crippen LogP contribution in [0.2, 0.25) is 0 Å². The highest BCUT2D eigenvalue weighted by molar-refractivity contribution is 7.99. The van der Waals surface area contributed by atoms with Crippen molar-refractivity contribution >= 4 is 11.8 Å². The molecule has 2 rings (SSSR count). The smallest absolute Gasteiger partial charge is 0.192 e. The minimum absolute atomic E-state index is 0.576. The third kappa shape index (κ3) is 3.05. The standard InChI is InChI=1S/C13H15N3S/c1-9-7-11(8-14)3-4-12(9)17-13-15-6-5-10(2)16-13/h3-7H,8,14H2,1-2H3. The molecule has 4 heteroatoms. The summed E-state index contributed by atoms with van der Waals surface area (Å²) in [4.78, 5) is 9.80. The summed E-state index contributed by atoms with van der Waals surface area (Å²) in [7, 11) is 0. The highest BCUT2D eigenvalue weighted by Gasteiger charge is 2.04. The SMILES string of the molecule is Cc1ccnc(Sc2ccc(CN)cc2C)n1. The molecule has 0 spiro atoms. The number of nitrogens with zero attached hydrogens (tertiary/aromatic N) is 2. The predicted octanol–water partition coefficient (Wildman–Crippen LogP) is 2.70. The van der Waals surface area contributed by atoms with Crippen molar-refractivity contribution in [1.29, 1.82) is 0 Å². The third-order valence-electron chi connectivity index (χ3n) is 2.45. The van der Waals surface area contributed by atoms with Gasteiger partial charge in [-0.1, -0.05) is 12.1 Å². The fraction of sp³-hybridized carbons (Fsp3) is 0.231. The van der Waals surface area contributed by atoms with Gasteiger partial charge in [-0.15, -0.1) is 0 Å². The van der Waals surface area contributed by atoms with E-state index in [2.05, 4.69) is 29.0 Å². The Kier molecular flexibility index (Phi) is 3.76. The average Bonchev–Trinajstić information content (AvgIpc) is 2.32. The molecule has 1 heterocycles. The molecule has 0 bridgehead atoms. The van der Waals surface area contributed by atoms with E-state index in [4.69, 9.17) is 5.73 Å². The van der Waals surface area contributed by atoms with Gasteiger partial charge in [-0.2, -0.15) is 0 Å². The van der Waals surface area contributed by atoms with Crippen LogP contribution in [0.15, 0.2) is 40.5 Å². The molecule has 88 valence electrons. The lowest BCUT2D eigenvalue weighted by Gasteiger charge is -2.06. The van der Waals surface area contributed by atoms with Gasteiger partial charge in [0, 0.05) is 23.3 Å². The van der Waals surface area contributed by atoms with Crippen molar-refractivity contribution in [2.24, 2.45) is 5.73 Å². The molecule has 1 aromatic carbocycles. The molecule has 0 fully saturated rings. The van der Waals surface area contributed by atoms with Crippen molar-refractivity contribution in [3.63, 3.8) is 0 Å². The summed E-state index contributed by atoms with van der Waals surface area (Å²) < 4.78 is 0. The highest BCUT2D eigenvalue weighted by atomic mass is 32.2. The Hall–Kier alpha value is -1.39. The predicted molar refractivity (Wildman–Crippen MR) is 70.0 cm³/mol. The number of hydrogen-bond acceptors (Lipinski definition) is 4. The van der Waals surface area contributed by atoms with Crippen LogP contribution in [0.25, 0.3) is 0 Å². The lowest BCUT2D eigenvalue weighted by molar-refractivity contribution is 0.931. The van der Waals surface area contributed by atoms with Gasteiger partial charge in [0.15, 0.2) is 5.16 Å². The zero-order chi connectivity index (χ0) is 12.3. The topological polar surface area (TPSA) is 51.8 Å². The van der Waals surface area contributed by atoms with Crippen LogP contribution in [0, 0.1) is 13.8 Å². The first-order valence-electron chi connectivity index (χ1n) is 5.46. The first-order valence-corrected chi connectivity index (χ1v) is 6.28. The van der Waals surface area contributed by atoms with E-state index in [9.17, 15) is 0 Å². The third-order valence-corrected chi connectivity index (χ3v) is 3.51. The minimum atomic E-state index is 0.576. The fourth-order valence-corrected chi connectivity index (χ4v) is 2.38. The molecule has 0 radical (unpaired) electrons. The van der Waals surface area contributed by atoms with E-state index >= 15 is 0 Å². The zero-order valence-corrected chi connectivity index (χ0v) is 10.8. The number of benzene rings is 1. The monoisotopic (exact) mass is 245 g/mol. The second-order valence-corrected chi connectivity index (χ2v) is 4.90. The summed E-state index contributed by atoms with van der Waals surface area (Å²) >= 11 is 1.58. The van der Waals surface area contributed by atoms with Crippen molar-refractivity contribution in [3.05, 3.63) is 47.3 Å². The van der Waals surface area contributed by atoms with Crippen LogP contribution in [0.5, 0.6) is 0 Å². The van der Waals surface area contributed by atoms with Gasteiger partial charge in [0.25, 0.3) is 0 Å². The maximum Gasteiger partial charge on any atom is 0.192 e. The molecule has 2 N–H and O–H groups in total. The van der Waals surface area contributed by atoms with E-state index < -0.39 is 0 Å². The van der Waals surface area contributed by atoms with Crippen molar-refractivity contribution in [3.8, 4) is 0 Å². The van der Waals surface area contributed by atoms with E-state index in [1.165, 1.54) is 10.5 Å². The van der Waals surface area contributed by atoms with Crippen LogP contribution in [-0.4, -0.2) is 9.97 Å². The molecule has 0 atom stereocenters. The van der Waals surface area contributed by atoms with Gasteiger partial charge in [0.05, 0.1) is 0 Å². The van der Waals surface area contributed by atoms with Crippen LogP contribution in [0.4, 0.5) is 0 Å². The van der Waals surface area contributed by atoms with Gasteiger partial charge in [-0.05, 0) is 48.9 Å². The Bertz CT molecular complexity index is 526. The summed E-state index contributed by atoms with van der Waals surface area (Å²) in [5, 5.41) is 0.786. The maximum absolute atomic E-state index is 5.61. The second kappa shape index (κ2) is 5.29. The van der Waals surface area contributed by atoms with Crippen molar-refractivity contribution in [1.82, 2.24) is 9.97 Å². The normalized spacial score (nSPS) is 10.5. The first kappa shape index (κ1) is 12.1. The molecule has 0 amide bonds. The van der Waals surface area contributed by atoms with E-state index in [-0.39, 0.29) is 0 Å². The highest BCUT2D eigenvalue weighted by Crippen LogP contribution is 2.28. The Balaban J connectivity index is 2.24. The maximum atomic E-state index is 5.61. The Morgan fingerprint density at radius 2 is 2.06 bits per heavy atom. The molecule has 0 saturated carbocycles. The van der Waals surface area contributed by atoms with Gasteiger partial charge in [0.2, 0.25) is 0 Å². The summed E-state index contributed by atoms with van der Waals surface area (Å²) in [5.74, 6) is 0. The Labute approximate surface area is 105 Å². The lowest BCUT2D eigenvalue weighted by Crippen LogP contribution is -1.97. The lowest BCUT2D eigenvalue weighted by atomic mass is 10.1. The van der Waals surface area contributed by atoms with Gasteiger partial charge in [-0.3, -0.25) is 0 Å². The number of nitrogens with two attached hydrogens (primary N) is 1. The van der Waals surface area contributed by atoms with Gasteiger partial charge < -0.3 is 5.73 Å². The van der Waals surface area contributed by atoms with E-state index in [1.54, 1.807) is 18.0 Å². The van der Waals surface area contributed by atoms with Crippen LogP contribution in [-0.2, 0) is 6.54 Å². The summed E-state index contributed by atoms with van der Waals surface area (Å²) in [6, 6.07) is 8.13. The number of rotatable bonds is 3. The minimum Gasteiger partial charge on any atom is -0.326 e. The number of hydrogen-bond donors (Lipinski definition) is 1. The molecule has 2 aromatic rings. The van der Waals surface area contributed by atoms with Gasteiger partial charge >= 0.3 is 0 Å². The molecule has 1 aromatic heterocycles. The summed E-state index contributed by atoms with van der Waals surface area (Å²) in [5.41, 5.74) is 8.96. The molecule has 0 aliphatic heterocycles.